The first-order chi connectivity index (χ1) is 11.3. The molecule has 23 heavy (non-hydrogen) atoms. The van der Waals surface area contributed by atoms with Crippen LogP contribution in [0.5, 0.6) is 5.75 Å². The summed E-state index contributed by atoms with van der Waals surface area (Å²) < 4.78 is 5.18. The van der Waals surface area contributed by atoms with E-state index < -0.39 is 6.09 Å². The van der Waals surface area contributed by atoms with Crippen molar-refractivity contribution >= 4 is 17.4 Å². The van der Waals surface area contributed by atoms with E-state index in [-0.39, 0.29) is 0 Å². The second kappa shape index (κ2) is 8.08. The lowest BCUT2D eigenvalue weighted by atomic mass is 10.1. The molecule has 1 saturated heterocycles. The van der Waals surface area contributed by atoms with E-state index in [0.717, 1.165) is 30.3 Å². The van der Waals surface area contributed by atoms with Gasteiger partial charge in [-0.15, -0.1) is 11.3 Å². The van der Waals surface area contributed by atoms with E-state index in [2.05, 4.69) is 20.6 Å². The Morgan fingerprint density at radius 2 is 2.00 bits per heavy atom. The topological polar surface area (TPSA) is 54.5 Å². The summed E-state index contributed by atoms with van der Waals surface area (Å²) in [5.41, 5.74) is 1.09. The summed E-state index contributed by atoms with van der Waals surface area (Å²) in [6.45, 7) is 3.63. The second-order valence-electron chi connectivity index (χ2n) is 5.63. The van der Waals surface area contributed by atoms with Crippen LogP contribution in [0.3, 0.4) is 0 Å². The normalized spacial score (nSPS) is 15.3. The first-order valence-corrected chi connectivity index (χ1v) is 8.84. The van der Waals surface area contributed by atoms with Crippen LogP contribution in [0.25, 0.3) is 0 Å². The van der Waals surface area contributed by atoms with E-state index in [4.69, 9.17) is 4.74 Å². The van der Waals surface area contributed by atoms with Crippen LogP contribution < -0.4 is 10.1 Å². The monoisotopic (exact) mass is 331 g/mol. The third-order valence-electron chi connectivity index (χ3n) is 3.77. The molecule has 2 heterocycles. The quantitative estimate of drug-likeness (QED) is 0.912. The third-order valence-corrected chi connectivity index (χ3v) is 4.67. The van der Waals surface area contributed by atoms with Gasteiger partial charge in [0.05, 0.1) is 12.2 Å². The smallest absolute Gasteiger partial charge is 0.410 e. The molecule has 0 radical (unpaired) electrons. The Balaban J connectivity index is 1.44. The minimum Gasteiger partial charge on any atom is -0.410 e. The van der Waals surface area contributed by atoms with Crippen molar-refractivity contribution in [2.24, 2.45) is 0 Å². The molecule has 0 bridgehead atoms. The summed E-state index contributed by atoms with van der Waals surface area (Å²) in [4.78, 5) is 18.8. The average Bonchev–Trinajstić information content (AvgIpc) is 3.02. The minimum atomic E-state index is -0.455. The van der Waals surface area contributed by atoms with E-state index in [1.54, 1.807) is 23.5 Å². The Labute approximate surface area is 140 Å². The molecule has 1 aromatic heterocycles. The first kappa shape index (κ1) is 16.0. The van der Waals surface area contributed by atoms with Crippen molar-refractivity contribution in [3.63, 3.8) is 0 Å². The maximum Gasteiger partial charge on any atom is 0.412 e. The molecule has 0 saturated carbocycles. The highest BCUT2D eigenvalue weighted by molar-refractivity contribution is 7.09. The van der Waals surface area contributed by atoms with Crippen molar-refractivity contribution in [2.45, 2.75) is 32.4 Å². The number of likely N-dealkylation sites (tertiary alicyclic amines) is 1. The molecule has 0 atom stereocenters. The van der Waals surface area contributed by atoms with Crippen LogP contribution in [0.4, 0.5) is 4.79 Å². The fourth-order valence-corrected chi connectivity index (χ4v) is 3.35. The number of piperidine rings is 1. The van der Waals surface area contributed by atoms with Gasteiger partial charge in [-0.2, -0.15) is 0 Å². The number of hydrogen-bond donors (Lipinski definition) is 1. The van der Waals surface area contributed by atoms with Crippen LogP contribution in [-0.2, 0) is 13.1 Å². The lowest BCUT2D eigenvalue weighted by molar-refractivity contribution is 0.200. The number of ether oxygens (including phenoxy) is 1. The molecule has 1 aliphatic rings. The van der Waals surface area contributed by atoms with Gasteiger partial charge in [0.1, 0.15) is 10.8 Å². The zero-order valence-corrected chi connectivity index (χ0v) is 13.8. The van der Waals surface area contributed by atoms with E-state index in [1.165, 1.54) is 19.3 Å². The van der Waals surface area contributed by atoms with Crippen LogP contribution in [0.1, 0.15) is 30.0 Å². The SMILES string of the molecule is O=C(NCc1nc(CN2CCCCC2)cs1)Oc1ccccc1. The maximum atomic E-state index is 11.7. The predicted molar refractivity (Wildman–Crippen MR) is 90.5 cm³/mol. The van der Waals surface area contributed by atoms with Gasteiger partial charge in [0.15, 0.2) is 0 Å². The van der Waals surface area contributed by atoms with Crippen molar-refractivity contribution in [3.05, 3.63) is 46.4 Å². The molecule has 0 unspecified atom stereocenters. The zero-order valence-electron chi connectivity index (χ0n) is 13.0. The van der Waals surface area contributed by atoms with Crippen molar-refractivity contribution in [1.29, 1.82) is 0 Å². The number of para-hydroxylation sites is 1. The van der Waals surface area contributed by atoms with Crippen LogP contribution in [0.2, 0.25) is 0 Å². The molecule has 0 spiro atoms. The van der Waals surface area contributed by atoms with E-state index in [1.807, 2.05) is 18.2 Å². The number of benzene rings is 1. The van der Waals surface area contributed by atoms with E-state index in [0.29, 0.717) is 12.3 Å². The highest BCUT2D eigenvalue weighted by Crippen LogP contribution is 2.15. The van der Waals surface area contributed by atoms with Gasteiger partial charge < -0.3 is 10.1 Å². The number of nitrogens with zero attached hydrogens (tertiary/aromatic N) is 2. The molecule has 5 nitrogen and oxygen atoms in total. The molecule has 6 heteroatoms. The Hall–Kier alpha value is -1.92. The van der Waals surface area contributed by atoms with Gasteiger partial charge >= 0.3 is 6.09 Å². The van der Waals surface area contributed by atoms with Gasteiger partial charge in [-0.3, -0.25) is 4.90 Å². The second-order valence-corrected chi connectivity index (χ2v) is 6.57. The molecular formula is C17H21N3O2S. The first-order valence-electron chi connectivity index (χ1n) is 7.96. The maximum absolute atomic E-state index is 11.7. The summed E-state index contributed by atoms with van der Waals surface area (Å²) in [6, 6.07) is 9.04. The molecule has 3 rings (SSSR count). The Kier molecular flexibility index (Phi) is 5.60. The van der Waals surface area contributed by atoms with E-state index >= 15 is 0 Å². The van der Waals surface area contributed by atoms with Crippen LogP contribution in [0, 0.1) is 0 Å². The minimum absolute atomic E-state index is 0.399. The fourth-order valence-electron chi connectivity index (χ4n) is 2.63. The summed E-state index contributed by atoms with van der Waals surface area (Å²) in [6.07, 6.45) is 3.45. The Morgan fingerprint density at radius 3 is 2.78 bits per heavy atom. The number of hydrogen-bond acceptors (Lipinski definition) is 5. The summed E-state index contributed by atoms with van der Waals surface area (Å²) in [5, 5.41) is 5.72. The number of nitrogens with one attached hydrogen (secondary N) is 1. The number of carbonyl (C=O) groups excluding carboxylic acids is 1. The predicted octanol–water partition coefficient (Wildman–Crippen LogP) is 3.42. The molecule has 0 aliphatic carbocycles. The van der Waals surface area contributed by atoms with Crippen molar-refractivity contribution in [1.82, 2.24) is 15.2 Å². The molecular weight excluding hydrogens is 310 g/mol. The Bertz CT molecular complexity index is 624. The lowest BCUT2D eigenvalue weighted by Crippen LogP contribution is -2.29. The molecule has 1 fully saturated rings. The van der Waals surface area contributed by atoms with Gasteiger partial charge in [-0.05, 0) is 38.1 Å². The molecule has 1 N–H and O–H groups in total. The van der Waals surface area contributed by atoms with Gasteiger partial charge in [0.2, 0.25) is 0 Å². The fraction of sp³-hybridized carbons (Fsp3) is 0.412. The van der Waals surface area contributed by atoms with Gasteiger partial charge in [-0.25, -0.2) is 9.78 Å². The van der Waals surface area contributed by atoms with Crippen LogP contribution >= 0.6 is 11.3 Å². The van der Waals surface area contributed by atoms with Gasteiger partial charge in [0.25, 0.3) is 0 Å². The highest BCUT2D eigenvalue weighted by atomic mass is 32.1. The molecule has 1 aliphatic heterocycles. The largest absolute Gasteiger partial charge is 0.412 e. The highest BCUT2D eigenvalue weighted by Gasteiger charge is 2.12. The number of thiazole rings is 1. The molecule has 122 valence electrons. The zero-order chi connectivity index (χ0) is 15.9. The summed E-state index contributed by atoms with van der Waals surface area (Å²) in [5.74, 6) is 0.537. The molecule has 1 aromatic carbocycles. The van der Waals surface area contributed by atoms with Gasteiger partial charge in [-0.1, -0.05) is 24.6 Å². The van der Waals surface area contributed by atoms with Crippen molar-refractivity contribution < 1.29 is 9.53 Å². The lowest BCUT2D eigenvalue weighted by Gasteiger charge is -2.25. The standard InChI is InChI=1S/C17H21N3O2S/c21-17(22-15-7-3-1-4-8-15)18-11-16-19-14(13-23-16)12-20-9-5-2-6-10-20/h1,3-4,7-8,13H,2,5-6,9-12H2,(H,18,21). The number of amides is 1. The molecule has 1 amide bonds. The third kappa shape index (κ3) is 5.04. The number of aromatic nitrogens is 1. The van der Waals surface area contributed by atoms with Crippen LogP contribution in [-0.4, -0.2) is 29.1 Å². The average molecular weight is 331 g/mol. The van der Waals surface area contributed by atoms with Gasteiger partial charge in [0, 0.05) is 11.9 Å². The summed E-state index contributed by atoms with van der Waals surface area (Å²) in [7, 11) is 0. The molecule has 2 aromatic rings. The van der Waals surface area contributed by atoms with Crippen molar-refractivity contribution in [2.75, 3.05) is 13.1 Å². The number of carbonyl (C=O) groups is 1. The van der Waals surface area contributed by atoms with Crippen molar-refractivity contribution in [3.8, 4) is 5.75 Å². The van der Waals surface area contributed by atoms with Crippen LogP contribution in [0.15, 0.2) is 35.7 Å². The van der Waals surface area contributed by atoms with E-state index in [9.17, 15) is 4.79 Å². The summed E-state index contributed by atoms with van der Waals surface area (Å²) >= 11 is 1.58. The number of rotatable bonds is 5. The Morgan fingerprint density at radius 1 is 1.22 bits per heavy atom.